The number of nitrogens with zero attached hydrogens (tertiary/aromatic N) is 1. The fourth-order valence-electron chi connectivity index (χ4n) is 3.15. The maximum Gasteiger partial charge on any atom is 0.325 e. The molecule has 3 rings (SSSR count). The smallest absolute Gasteiger partial charge is 0.325 e. The normalized spacial score (nSPS) is 18.2. The van der Waals surface area contributed by atoms with Gasteiger partial charge in [0.05, 0.1) is 14.2 Å². The maximum atomic E-state index is 13.0. The lowest BCUT2D eigenvalue weighted by Crippen LogP contribution is -2.42. The highest BCUT2D eigenvalue weighted by Crippen LogP contribution is 2.35. The first-order valence-electron chi connectivity index (χ1n) is 8.80. The van der Waals surface area contributed by atoms with Crippen LogP contribution in [0.15, 0.2) is 36.4 Å². The van der Waals surface area contributed by atoms with Crippen LogP contribution in [0, 0.1) is 0 Å². The molecule has 8 nitrogen and oxygen atoms in total. The first kappa shape index (κ1) is 21.7. The molecule has 0 bridgehead atoms. The Hall–Kier alpha value is -2.97. The summed E-state index contributed by atoms with van der Waals surface area (Å²) in [5.41, 5.74) is -0.522. The molecular weight excluding hydrogens is 433 g/mol. The van der Waals surface area contributed by atoms with E-state index in [1.807, 2.05) is 0 Å². The highest BCUT2D eigenvalue weighted by Gasteiger charge is 2.49. The zero-order chi connectivity index (χ0) is 22.1. The average molecular weight is 452 g/mol. The number of ether oxygens (including phenoxy) is 2. The van der Waals surface area contributed by atoms with Crippen LogP contribution >= 0.6 is 23.2 Å². The molecule has 1 atom stereocenters. The molecule has 0 aliphatic carbocycles. The number of nitrogens with one attached hydrogen (secondary N) is 2. The van der Waals surface area contributed by atoms with Crippen molar-refractivity contribution in [3.63, 3.8) is 0 Å². The number of rotatable bonds is 6. The molecule has 1 heterocycles. The van der Waals surface area contributed by atoms with E-state index < -0.39 is 29.9 Å². The molecule has 0 unspecified atom stereocenters. The summed E-state index contributed by atoms with van der Waals surface area (Å²) in [5, 5.41) is 5.90. The third kappa shape index (κ3) is 4.15. The van der Waals surface area contributed by atoms with Crippen LogP contribution in [-0.4, -0.2) is 43.5 Å². The fourth-order valence-corrected chi connectivity index (χ4v) is 3.68. The predicted octanol–water partition coefficient (Wildman–Crippen LogP) is 3.42. The van der Waals surface area contributed by atoms with E-state index in [0.29, 0.717) is 32.8 Å². The summed E-state index contributed by atoms with van der Waals surface area (Å²) in [6, 6.07) is 8.74. The second-order valence-corrected chi connectivity index (χ2v) is 7.60. The Morgan fingerprint density at radius 3 is 2.30 bits per heavy atom. The van der Waals surface area contributed by atoms with Crippen molar-refractivity contribution in [1.82, 2.24) is 10.2 Å². The number of hydrogen-bond donors (Lipinski definition) is 2. The first-order valence-corrected chi connectivity index (χ1v) is 9.56. The average Bonchev–Trinajstić information content (AvgIpc) is 2.90. The minimum Gasteiger partial charge on any atom is -0.493 e. The maximum absolute atomic E-state index is 13.0. The van der Waals surface area contributed by atoms with E-state index in [4.69, 9.17) is 32.7 Å². The number of halogens is 2. The molecule has 0 saturated carbocycles. The van der Waals surface area contributed by atoms with E-state index in [1.54, 1.807) is 25.1 Å². The lowest BCUT2D eigenvalue weighted by atomic mass is 9.91. The van der Waals surface area contributed by atoms with Crippen LogP contribution in [0.25, 0.3) is 0 Å². The molecule has 2 aromatic carbocycles. The third-order valence-electron chi connectivity index (χ3n) is 4.68. The lowest BCUT2D eigenvalue weighted by molar-refractivity contribution is -0.133. The SMILES string of the molecule is COc1ccc([C@]2(C)NC(=O)N(CC(=O)Nc3cc(Cl)cc(Cl)c3)C2=O)cc1OC. The minimum absolute atomic E-state index is 0.342. The molecule has 1 fully saturated rings. The molecule has 0 spiro atoms. The van der Waals surface area contributed by atoms with Crippen LogP contribution in [0.1, 0.15) is 12.5 Å². The van der Waals surface area contributed by atoms with Gasteiger partial charge in [-0.3, -0.25) is 14.5 Å². The van der Waals surface area contributed by atoms with Crippen LogP contribution in [-0.2, 0) is 15.1 Å². The Morgan fingerprint density at radius 2 is 1.70 bits per heavy atom. The number of carbonyl (C=O) groups excluding carboxylic acids is 3. The largest absolute Gasteiger partial charge is 0.493 e. The topological polar surface area (TPSA) is 97.0 Å². The van der Waals surface area contributed by atoms with Gasteiger partial charge in [0.1, 0.15) is 12.1 Å². The molecule has 4 amide bonds. The Kier molecular flexibility index (Phi) is 6.09. The second-order valence-electron chi connectivity index (χ2n) is 6.72. The van der Waals surface area contributed by atoms with Gasteiger partial charge in [0.15, 0.2) is 11.5 Å². The third-order valence-corrected chi connectivity index (χ3v) is 5.12. The van der Waals surface area contributed by atoms with Gasteiger partial charge in [0.25, 0.3) is 5.91 Å². The van der Waals surface area contributed by atoms with Crippen LogP contribution in [0.5, 0.6) is 11.5 Å². The highest BCUT2D eigenvalue weighted by atomic mass is 35.5. The highest BCUT2D eigenvalue weighted by molar-refractivity contribution is 6.35. The van der Waals surface area contributed by atoms with Gasteiger partial charge in [-0.05, 0) is 42.8 Å². The summed E-state index contributed by atoms with van der Waals surface area (Å²) < 4.78 is 10.5. The quantitative estimate of drug-likeness (QED) is 0.655. The van der Waals surface area contributed by atoms with Crippen molar-refractivity contribution in [2.75, 3.05) is 26.1 Å². The molecule has 30 heavy (non-hydrogen) atoms. The van der Waals surface area contributed by atoms with Gasteiger partial charge in [-0.2, -0.15) is 0 Å². The zero-order valence-corrected chi connectivity index (χ0v) is 17.9. The molecule has 10 heteroatoms. The van der Waals surface area contributed by atoms with Crippen molar-refractivity contribution >= 4 is 46.7 Å². The molecule has 1 aliphatic rings. The van der Waals surface area contributed by atoms with E-state index in [1.165, 1.54) is 32.4 Å². The van der Waals surface area contributed by atoms with Crippen LogP contribution < -0.4 is 20.1 Å². The van der Waals surface area contributed by atoms with Crippen LogP contribution in [0.2, 0.25) is 10.0 Å². The zero-order valence-electron chi connectivity index (χ0n) is 16.4. The molecule has 2 aromatic rings. The molecular formula is C20H19Cl2N3O5. The molecule has 158 valence electrons. The number of amides is 4. The number of urea groups is 1. The predicted molar refractivity (Wildman–Crippen MR) is 112 cm³/mol. The summed E-state index contributed by atoms with van der Waals surface area (Å²) in [6.45, 7) is 1.08. The number of hydrogen-bond acceptors (Lipinski definition) is 5. The summed E-state index contributed by atoms with van der Waals surface area (Å²) >= 11 is 11.8. The van der Waals surface area contributed by atoms with Gasteiger partial charge < -0.3 is 20.1 Å². The van der Waals surface area contributed by atoms with Gasteiger partial charge in [-0.1, -0.05) is 29.3 Å². The van der Waals surface area contributed by atoms with Gasteiger partial charge in [-0.15, -0.1) is 0 Å². The van der Waals surface area contributed by atoms with Crippen molar-refractivity contribution in [3.05, 3.63) is 52.0 Å². The molecule has 0 aromatic heterocycles. The van der Waals surface area contributed by atoms with E-state index >= 15 is 0 Å². The van der Waals surface area contributed by atoms with Crippen LogP contribution in [0.4, 0.5) is 10.5 Å². The van der Waals surface area contributed by atoms with Crippen molar-refractivity contribution in [2.45, 2.75) is 12.5 Å². The number of carbonyl (C=O) groups is 3. The van der Waals surface area contributed by atoms with Gasteiger partial charge in [0, 0.05) is 15.7 Å². The van der Waals surface area contributed by atoms with Crippen molar-refractivity contribution < 1.29 is 23.9 Å². The van der Waals surface area contributed by atoms with E-state index in [0.717, 1.165) is 4.90 Å². The summed E-state index contributed by atoms with van der Waals surface area (Å²) in [5.74, 6) is -0.252. The van der Waals surface area contributed by atoms with E-state index in [9.17, 15) is 14.4 Å². The van der Waals surface area contributed by atoms with Gasteiger partial charge in [-0.25, -0.2) is 4.79 Å². The van der Waals surface area contributed by atoms with Crippen molar-refractivity contribution in [1.29, 1.82) is 0 Å². The summed E-state index contributed by atoms with van der Waals surface area (Å²) in [6.07, 6.45) is 0. The number of imide groups is 1. The summed E-state index contributed by atoms with van der Waals surface area (Å²) in [4.78, 5) is 38.8. The van der Waals surface area contributed by atoms with Crippen molar-refractivity contribution in [2.24, 2.45) is 0 Å². The Bertz CT molecular complexity index is 1010. The molecule has 2 N–H and O–H groups in total. The number of anilines is 1. The fraction of sp³-hybridized carbons (Fsp3) is 0.250. The Balaban J connectivity index is 1.79. The first-order chi connectivity index (χ1) is 14.2. The molecule has 0 radical (unpaired) electrons. The summed E-state index contributed by atoms with van der Waals surface area (Å²) in [7, 11) is 2.97. The Morgan fingerprint density at radius 1 is 1.07 bits per heavy atom. The number of benzene rings is 2. The number of methoxy groups -OCH3 is 2. The van der Waals surface area contributed by atoms with Crippen LogP contribution in [0.3, 0.4) is 0 Å². The van der Waals surface area contributed by atoms with Gasteiger partial charge in [0.2, 0.25) is 5.91 Å². The molecule has 1 aliphatic heterocycles. The monoisotopic (exact) mass is 451 g/mol. The van der Waals surface area contributed by atoms with E-state index in [2.05, 4.69) is 10.6 Å². The lowest BCUT2D eigenvalue weighted by Gasteiger charge is -2.23. The van der Waals surface area contributed by atoms with Gasteiger partial charge >= 0.3 is 6.03 Å². The minimum atomic E-state index is -1.36. The van der Waals surface area contributed by atoms with Crippen molar-refractivity contribution in [3.8, 4) is 11.5 Å². The molecule has 1 saturated heterocycles. The second kappa shape index (κ2) is 8.41. The standard InChI is InChI=1S/C20H19Cl2N3O5/c1-20(11-4-5-15(29-2)16(6-11)30-3)18(27)25(19(28)24-20)10-17(26)23-14-8-12(21)7-13(22)9-14/h4-9H,10H2,1-3H3,(H,23,26)(H,24,28)/t20-/m0/s1. The Labute approximate surface area is 183 Å². The van der Waals surface area contributed by atoms with E-state index in [-0.39, 0.29) is 0 Å².